The summed E-state index contributed by atoms with van der Waals surface area (Å²) in [4.78, 5) is 0. The molecule has 1 aromatic heterocycles. The zero-order valence-electron chi connectivity index (χ0n) is 26.0. The highest BCUT2D eigenvalue weighted by Crippen LogP contribution is 2.42. The summed E-state index contributed by atoms with van der Waals surface area (Å²) in [6.07, 6.45) is 35.6. The molecule has 1 unspecified atom stereocenters. The van der Waals surface area contributed by atoms with Gasteiger partial charge in [0.2, 0.25) is 0 Å². The minimum Gasteiger partial charge on any atom is -0.309 e. The van der Waals surface area contributed by atoms with Crippen LogP contribution in [0.2, 0.25) is 0 Å². The minimum atomic E-state index is -0.106. The van der Waals surface area contributed by atoms with E-state index in [-0.39, 0.29) is 5.41 Å². The maximum Gasteiger partial charge on any atom is 0.0571 e. The largest absolute Gasteiger partial charge is 0.309 e. The van der Waals surface area contributed by atoms with Gasteiger partial charge in [-0.15, -0.1) is 12.3 Å². The Kier molecular flexibility index (Phi) is 11.7. The number of allylic oxidation sites excluding steroid dienone is 16. The summed E-state index contributed by atoms with van der Waals surface area (Å²) in [5.74, 6) is 0. The minimum absolute atomic E-state index is 0.106. The summed E-state index contributed by atoms with van der Waals surface area (Å²) >= 11 is 0. The van der Waals surface area contributed by atoms with Crippen LogP contribution in [-0.4, -0.2) is 4.57 Å². The molecule has 214 valence electrons. The maximum atomic E-state index is 4.19. The van der Waals surface area contributed by atoms with E-state index in [9.17, 15) is 0 Å². The van der Waals surface area contributed by atoms with Gasteiger partial charge >= 0.3 is 0 Å². The van der Waals surface area contributed by atoms with Crippen molar-refractivity contribution < 1.29 is 0 Å². The van der Waals surface area contributed by atoms with Crippen LogP contribution in [-0.2, 0) is 0 Å². The predicted octanol–water partition coefficient (Wildman–Crippen LogP) is 11.7. The predicted molar refractivity (Wildman–Crippen MR) is 189 cm³/mol. The van der Waals surface area contributed by atoms with Crippen LogP contribution in [0, 0.1) is 19.3 Å². The van der Waals surface area contributed by atoms with Crippen molar-refractivity contribution in [3.63, 3.8) is 0 Å². The lowest BCUT2D eigenvalue weighted by atomic mass is 9.70. The first-order chi connectivity index (χ1) is 20.3. The van der Waals surface area contributed by atoms with Gasteiger partial charge in [-0.3, -0.25) is 0 Å². The molecule has 0 aliphatic heterocycles. The summed E-state index contributed by atoms with van der Waals surface area (Å²) in [5, 5.41) is 0. The van der Waals surface area contributed by atoms with Crippen LogP contribution >= 0.6 is 0 Å². The number of hydrogen-bond donors (Lipinski definition) is 0. The molecule has 1 aromatic carbocycles. The molecule has 1 atom stereocenters. The van der Waals surface area contributed by atoms with E-state index in [0.717, 1.165) is 35.5 Å². The fourth-order valence-corrected chi connectivity index (χ4v) is 5.08. The van der Waals surface area contributed by atoms with Crippen LogP contribution in [0.1, 0.15) is 67.3 Å². The Hall–Kier alpha value is -4.58. The molecule has 0 fully saturated rings. The summed E-state index contributed by atoms with van der Waals surface area (Å²) in [6.45, 7) is 22.5. The van der Waals surface area contributed by atoms with Gasteiger partial charge in [-0.2, -0.15) is 0 Å². The molecule has 3 rings (SSSR count). The van der Waals surface area contributed by atoms with Gasteiger partial charge in [-0.25, -0.2) is 0 Å². The van der Waals surface area contributed by atoms with Crippen molar-refractivity contribution in [3.05, 3.63) is 168 Å². The molecular formula is C41H45N. The molecular weight excluding hydrogens is 506 g/mol. The van der Waals surface area contributed by atoms with Gasteiger partial charge < -0.3 is 4.57 Å². The number of benzene rings is 1. The summed E-state index contributed by atoms with van der Waals surface area (Å²) in [7, 11) is 0. The van der Waals surface area contributed by atoms with E-state index in [1.807, 2.05) is 44.2 Å². The van der Waals surface area contributed by atoms with E-state index < -0.39 is 0 Å². The van der Waals surface area contributed by atoms with E-state index in [2.05, 4.69) is 142 Å². The van der Waals surface area contributed by atoms with Crippen LogP contribution in [0.5, 0.6) is 0 Å². The molecule has 42 heavy (non-hydrogen) atoms. The second-order valence-electron chi connectivity index (χ2n) is 10.5. The van der Waals surface area contributed by atoms with Gasteiger partial charge in [0, 0.05) is 22.9 Å². The third kappa shape index (κ3) is 7.38. The molecule has 1 heteroatoms. The van der Waals surface area contributed by atoms with Crippen LogP contribution in [0.4, 0.5) is 0 Å². The van der Waals surface area contributed by atoms with Crippen LogP contribution in [0.3, 0.4) is 0 Å². The number of aromatic nitrogens is 1. The van der Waals surface area contributed by atoms with Crippen LogP contribution < -0.4 is 0 Å². The van der Waals surface area contributed by atoms with Gasteiger partial charge in [0.1, 0.15) is 0 Å². The number of rotatable bonds is 13. The lowest BCUT2D eigenvalue weighted by molar-refractivity contribution is 0.546. The fraction of sp³-hybridized carbons (Fsp3) is 0.195. The molecule has 0 N–H and O–H groups in total. The maximum absolute atomic E-state index is 4.19. The Morgan fingerprint density at radius 1 is 1.02 bits per heavy atom. The average molecular weight is 552 g/mol. The first-order valence-electron chi connectivity index (χ1n) is 14.7. The van der Waals surface area contributed by atoms with Gasteiger partial charge in [-0.05, 0) is 106 Å². The molecule has 0 radical (unpaired) electrons. The highest BCUT2D eigenvalue weighted by molar-refractivity contribution is 5.77. The number of hydrogen-bond acceptors (Lipinski definition) is 0. The SMILES string of the molecule is C=C/C=C(\C=C/C)c1cccc(/C=C/C2(/C(C)=C/C=C(\C=C)n3c(C=C=CC)c(C)c(C)c3C=CCC=C)C=CC2)c1. The zero-order valence-corrected chi connectivity index (χ0v) is 26.0. The fourth-order valence-electron chi connectivity index (χ4n) is 5.08. The third-order valence-electron chi connectivity index (χ3n) is 7.79. The molecule has 0 saturated heterocycles. The van der Waals surface area contributed by atoms with E-state index in [0.29, 0.717) is 0 Å². The molecule has 1 aliphatic rings. The van der Waals surface area contributed by atoms with Gasteiger partial charge in [-0.1, -0.05) is 104 Å². The first-order valence-corrected chi connectivity index (χ1v) is 14.7. The highest BCUT2D eigenvalue weighted by Gasteiger charge is 2.30. The van der Waals surface area contributed by atoms with Crippen LogP contribution in [0.15, 0.2) is 134 Å². The molecule has 0 saturated carbocycles. The lowest BCUT2D eigenvalue weighted by Gasteiger charge is -2.34. The van der Waals surface area contributed by atoms with Crippen molar-refractivity contribution in [1.82, 2.24) is 4.57 Å². The Morgan fingerprint density at radius 3 is 2.40 bits per heavy atom. The van der Waals surface area contributed by atoms with Crippen molar-refractivity contribution in [2.24, 2.45) is 5.41 Å². The quantitative estimate of drug-likeness (QED) is 0.132. The van der Waals surface area contributed by atoms with Crippen molar-refractivity contribution in [2.75, 3.05) is 0 Å². The molecule has 2 aromatic rings. The second-order valence-corrected chi connectivity index (χ2v) is 10.5. The van der Waals surface area contributed by atoms with Crippen molar-refractivity contribution >= 4 is 29.5 Å². The highest BCUT2D eigenvalue weighted by atomic mass is 15.0. The van der Waals surface area contributed by atoms with Gasteiger partial charge in [0.25, 0.3) is 0 Å². The van der Waals surface area contributed by atoms with Gasteiger partial charge in [0.05, 0.1) is 5.69 Å². The summed E-state index contributed by atoms with van der Waals surface area (Å²) < 4.78 is 2.28. The molecule has 0 bridgehead atoms. The van der Waals surface area contributed by atoms with E-state index in [1.165, 1.54) is 27.8 Å². The topological polar surface area (TPSA) is 4.93 Å². The molecule has 0 amide bonds. The molecule has 0 spiro atoms. The Bertz CT molecular complexity index is 1590. The molecule has 1 nitrogen and oxygen atoms in total. The molecule has 1 aliphatic carbocycles. The average Bonchev–Trinajstić information content (AvgIpc) is 3.20. The lowest BCUT2D eigenvalue weighted by Crippen LogP contribution is -2.21. The van der Waals surface area contributed by atoms with E-state index >= 15 is 0 Å². The second kappa shape index (κ2) is 15.4. The standard InChI is InChI=1S/C41H45N/c1-9-14-16-24-40-34(8)33(7)39(23-15-10-2)42(40)38(13-5)26-25-32(6)41(28-18-29-41)30-27-35-21-17-22-37(31-35)36(19-11-3)20-12-4/h9-13,16-28,30-31H,1,3,5,14,29H2,2,4,6-8H3/b20-12-,24-16?,30-27+,32-25+,36-19+,38-26+. The third-order valence-corrected chi connectivity index (χ3v) is 7.79. The smallest absolute Gasteiger partial charge is 0.0571 e. The van der Waals surface area contributed by atoms with Gasteiger partial charge in [0.15, 0.2) is 0 Å². The summed E-state index contributed by atoms with van der Waals surface area (Å²) in [5.41, 5.74) is 13.7. The van der Waals surface area contributed by atoms with Crippen molar-refractivity contribution in [2.45, 2.75) is 47.5 Å². The molecule has 1 heterocycles. The zero-order chi connectivity index (χ0) is 30.5. The van der Waals surface area contributed by atoms with E-state index in [4.69, 9.17) is 0 Å². The Morgan fingerprint density at radius 2 is 1.79 bits per heavy atom. The number of nitrogens with zero attached hydrogens (tertiary/aromatic N) is 1. The Balaban J connectivity index is 2.03. The summed E-state index contributed by atoms with van der Waals surface area (Å²) in [6, 6.07) is 8.64. The van der Waals surface area contributed by atoms with Crippen molar-refractivity contribution in [1.29, 1.82) is 0 Å². The van der Waals surface area contributed by atoms with Crippen molar-refractivity contribution in [3.8, 4) is 0 Å². The Labute approximate surface area is 254 Å². The monoisotopic (exact) mass is 551 g/mol. The first kappa shape index (κ1) is 31.9. The normalized spacial score (nSPS) is 17.5. The van der Waals surface area contributed by atoms with Crippen LogP contribution in [0.25, 0.3) is 29.5 Å². The van der Waals surface area contributed by atoms with E-state index in [1.54, 1.807) is 0 Å².